The predicted octanol–water partition coefficient (Wildman–Crippen LogP) is 1.19. The second kappa shape index (κ2) is 4.53. The number of aromatic nitrogens is 1. The fourth-order valence-electron chi connectivity index (χ4n) is 0.833. The van der Waals surface area contributed by atoms with Crippen LogP contribution in [0.15, 0.2) is 24.5 Å². The van der Waals surface area contributed by atoms with Gasteiger partial charge < -0.3 is 0 Å². The van der Waals surface area contributed by atoms with Gasteiger partial charge in [0.1, 0.15) is 0 Å². The monoisotopic (exact) mass is 160 g/mol. The van der Waals surface area contributed by atoms with Crippen molar-refractivity contribution in [3.05, 3.63) is 30.1 Å². The Balaban J connectivity index is 2.40. The van der Waals surface area contributed by atoms with Crippen LogP contribution in [0.5, 0.6) is 0 Å². The molecule has 0 bridgehead atoms. The number of nitrogens with one attached hydrogen (secondary N) is 1. The van der Waals surface area contributed by atoms with Crippen molar-refractivity contribution >= 4 is 0 Å². The van der Waals surface area contributed by atoms with Crippen molar-refractivity contribution in [3.8, 4) is 12.3 Å². The largest absolute Gasteiger partial charge is 0.300 e. The molecule has 1 unspecified atom stereocenters. The van der Waals surface area contributed by atoms with Gasteiger partial charge in [-0.3, -0.25) is 10.3 Å². The molecular weight excluding hydrogens is 148 g/mol. The van der Waals surface area contributed by atoms with Gasteiger partial charge in [-0.05, 0) is 18.6 Å². The van der Waals surface area contributed by atoms with E-state index in [2.05, 4.69) is 16.2 Å². The second-order valence-electron chi connectivity index (χ2n) is 2.63. The molecule has 0 aromatic carbocycles. The third-order valence-corrected chi connectivity index (χ3v) is 1.59. The molecule has 1 rings (SSSR count). The Kier molecular flexibility index (Phi) is 3.31. The molecule has 1 N–H and O–H groups in total. The molecule has 1 aromatic rings. The SMILES string of the molecule is C#CC(C)NCc1cccnc1. The molecule has 0 aliphatic carbocycles. The van der Waals surface area contributed by atoms with Gasteiger partial charge in [0.25, 0.3) is 0 Å². The molecule has 1 aromatic heterocycles. The second-order valence-corrected chi connectivity index (χ2v) is 2.63. The minimum atomic E-state index is 0.116. The third-order valence-electron chi connectivity index (χ3n) is 1.59. The van der Waals surface area contributed by atoms with Crippen molar-refractivity contribution in [1.82, 2.24) is 10.3 Å². The lowest BCUT2D eigenvalue weighted by atomic mass is 10.2. The van der Waals surface area contributed by atoms with Gasteiger partial charge in [-0.1, -0.05) is 12.0 Å². The van der Waals surface area contributed by atoms with Crippen LogP contribution in [0.3, 0.4) is 0 Å². The third kappa shape index (κ3) is 2.73. The van der Waals surface area contributed by atoms with Gasteiger partial charge in [-0.2, -0.15) is 0 Å². The topological polar surface area (TPSA) is 24.9 Å². The Hall–Kier alpha value is -1.33. The first-order chi connectivity index (χ1) is 5.83. The van der Waals surface area contributed by atoms with Gasteiger partial charge >= 0.3 is 0 Å². The molecule has 1 atom stereocenters. The van der Waals surface area contributed by atoms with E-state index in [1.807, 2.05) is 25.3 Å². The van der Waals surface area contributed by atoms with Crippen molar-refractivity contribution in [2.75, 3.05) is 0 Å². The summed E-state index contributed by atoms with van der Waals surface area (Å²) in [5, 5.41) is 3.17. The molecule has 0 spiro atoms. The molecule has 12 heavy (non-hydrogen) atoms. The van der Waals surface area contributed by atoms with E-state index < -0.39 is 0 Å². The summed E-state index contributed by atoms with van der Waals surface area (Å²) in [5.74, 6) is 2.60. The number of terminal acetylenes is 1. The highest BCUT2D eigenvalue weighted by molar-refractivity contribution is 5.09. The van der Waals surface area contributed by atoms with E-state index in [9.17, 15) is 0 Å². The minimum absolute atomic E-state index is 0.116. The Morgan fingerprint density at radius 2 is 2.58 bits per heavy atom. The zero-order valence-electron chi connectivity index (χ0n) is 7.12. The summed E-state index contributed by atoms with van der Waals surface area (Å²) in [5.41, 5.74) is 1.15. The van der Waals surface area contributed by atoms with E-state index in [0.717, 1.165) is 12.1 Å². The van der Waals surface area contributed by atoms with Crippen LogP contribution in [0.25, 0.3) is 0 Å². The van der Waals surface area contributed by atoms with E-state index in [-0.39, 0.29) is 6.04 Å². The Labute approximate surface area is 73.0 Å². The average molecular weight is 160 g/mol. The summed E-state index contributed by atoms with van der Waals surface area (Å²) < 4.78 is 0. The van der Waals surface area contributed by atoms with Gasteiger partial charge in [0, 0.05) is 18.9 Å². The molecule has 0 aliphatic rings. The molecule has 2 heteroatoms. The van der Waals surface area contributed by atoms with Crippen LogP contribution in [-0.2, 0) is 6.54 Å². The van der Waals surface area contributed by atoms with Crippen LogP contribution in [0, 0.1) is 12.3 Å². The van der Waals surface area contributed by atoms with Crippen LogP contribution in [0.4, 0.5) is 0 Å². The first-order valence-corrected chi connectivity index (χ1v) is 3.91. The number of rotatable bonds is 3. The lowest BCUT2D eigenvalue weighted by Gasteiger charge is -2.06. The zero-order chi connectivity index (χ0) is 8.81. The van der Waals surface area contributed by atoms with E-state index in [4.69, 9.17) is 6.42 Å². The fourth-order valence-corrected chi connectivity index (χ4v) is 0.833. The van der Waals surface area contributed by atoms with Gasteiger partial charge in [0.05, 0.1) is 6.04 Å². The first kappa shape index (κ1) is 8.76. The van der Waals surface area contributed by atoms with Gasteiger partial charge in [0.2, 0.25) is 0 Å². The molecule has 0 aliphatic heterocycles. The molecule has 0 fully saturated rings. The molecular formula is C10H12N2. The van der Waals surface area contributed by atoms with E-state index in [1.54, 1.807) is 6.20 Å². The van der Waals surface area contributed by atoms with Crippen LogP contribution in [0.2, 0.25) is 0 Å². The highest BCUT2D eigenvalue weighted by Gasteiger charge is 1.95. The van der Waals surface area contributed by atoms with Crippen LogP contribution in [0.1, 0.15) is 12.5 Å². The molecule has 1 heterocycles. The summed E-state index contributed by atoms with van der Waals surface area (Å²) >= 11 is 0. The molecule has 0 saturated carbocycles. The molecule has 2 nitrogen and oxygen atoms in total. The maximum atomic E-state index is 5.21. The molecule has 0 radical (unpaired) electrons. The normalized spacial score (nSPS) is 12.0. The van der Waals surface area contributed by atoms with Crippen molar-refractivity contribution in [2.45, 2.75) is 19.5 Å². The quantitative estimate of drug-likeness (QED) is 0.672. The fraction of sp³-hybridized carbons (Fsp3) is 0.300. The maximum absolute atomic E-state index is 5.21. The summed E-state index contributed by atoms with van der Waals surface area (Å²) in [6.45, 7) is 2.73. The number of hydrogen-bond donors (Lipinski definition) is 1. The van der Waals surface area contributed by atoms with Gasteiger partial charge in [-0.25, -0.2) is 0 Å². The van der Waals surface area contributed by atoms with Crippen LogP contribution < -0.4 is 5.32 Å². The summed E-state index contributed by atoms with van der Waals surface area (Å²) in [7, 11) is 0. The Morgan fingerprint density at radius 3 is 3.17 bits per heavy atom. The highest BCUT2D eigenvalue weighted by Crippen LogP contribution is 1.94. The lowest BCUT2D eigenvalue weighted by molar-refractivity contribution is 0.647. The van der Waals surface area contributed by atoms with Crippen LogP contribution in [-0.4, -0.2) is 11.0 Å². The summed E-state index contributed by atoms with van der Waals surface area (Å²) in [6, 6.07) is 4.05. The van der Waals surface area contributed by atoms with Crippen molar-refractivity contribution in [3.63, 3.8) is 0 Å². The zero-order valence-corrected chi connectivity index (χ0v) is 7.12. The number of pyridine rings is 1. The predicted molar refractivity (Wildman–Crippen MR) is 49.4 cm³/mol. The van der Waals surface area contributed by atoms with Crippen molar-refractivity contribution in [1.29, 1.82) is 0 Å². The van der Waals surface area contributed by atoms with Crippen LogP contribution >= 0.6 is 0 Å². The lowest BCUT2D eigenvalue weighted by Crippen LogP contribution is -2.23. The van der Waals surface area contributed by atoms with Crippen molar-refractivity contribution < 1.29 is 0 Å². The average Bonchev–Trinajstić information content (AvgIpc) is 2.16. The highest BCUT2D eigenvalue weighted by atomic mass is 14.9. The summed E-state index contributed by atoms with van der Waals surface area (Å²) in [6.07, 6.45) is 8.80. The van der Waals surface area contributed by atoms with Crippen molar-refractivity contribution in [2.24, 2.45) is 0 Å². The smallest absolute Gasteiger partial charge is 0.0660 e. The Morgan fingerprint density at radius 1 is 1.75 bits per heavy atom. The van der Waals surface area contributed by atoms with E-state index in [0.29, 0.717) is 0 Å². The molecule has 0 amide bonds. The van der Waals surface area contributed by atoms with E-state index in [1.165, 1.54) is 0 Å². The van der Waals surface area contributed by atoms with E-state index >= 15 is 0 Å². The number of hydrogen-bond acceptors (Lipinski definition) is 2. The Bertz CT molecular complexity index is 261. The van der Waals surface area contributed by atoms with Gasteiger partial charge in [-0.15, -0.1) is 6.42 Å². The number of nitrogens with zero attached hydrogens (tertiary/aromatic N) is 1. The standard InChI is InChI=1S/C10H12N2/c1-3-9(2)12-8-10-5-4-6-11-7-10/h1,4-7,9,12H,8H2,2H3. The molecule has 0 saturated heterocycles. The van der Waals surface area contributed by atoms with Gasteiger partial charge in [0.15, 0.2) is 0 Å². The molecule has 62 valence electrons. The maximum Gasteiger partial charge on any atom is 0.0660 e. The summed E-state index contributed by atoms with van der Waals surface area (Å²) in [4.78, 5) is 4.00. The minimum Gasteiger partial charge on any atom is -0.300 e. The first-order valence-electron chi connectivity index (χ1n) is 3.91.